The van der Waals surface area contributed by atoms with Gasteiger partial charge in [-0.05, 0) is 28.8 Å². The molecule has 0 radical (unpaired) electrons. The molecule has 0 saturated heterocycles. The summed E-state index contributed by atoms with van der Waals surface area (Å²) in [4.78, 5) is 10.5. The topological polar surface area (TPSA) is 75.4 Å². The molecule has 7 heteroatoms. The molecule has 0 heterocycles. The summed E-state index contributed by atoms with van der Waals surface area (Å²) in [7, 11) is 0. The number of benzene rings is 1. The van der Waals surface area contributed by atoms with Gasteiger partial charge in [0, 0.05) is 18.7 Å². The third-order valence-corrected chi connectivity index (χ3v) is 4.49. The first-order valence-corrected chi connectivity index (χ1v) is 7.80. The van der Waals surface area contributed by atoms with Crippen LogP contribution in [0.15, 0.2) is 16.6 Å². The van der Waals surface area contributed by atoms with E-state index in [0.29, 0.717) is 12.8 Å². The highest BCUT2D eigenvalue weighted by molar-refractivity contribution is 9.10. The number of nitrogens with one attached hydrogen (secondary N) is 1. The van der Waals surface area contributed by atoms with Gasteiger partial charge in [0.25, 0.3) is 5.69 Å². The average molecular weight is 361 g/mol. The van der Waals surface area contributed by atoms with Crippen molar-refractivity contribution < 1.29 is 14.4 Å². The van der Waals surface area contributed by atoms with Gasteiger partial charge in [-0.25, -0.2) is 4.39 Å². The SMILES string of the molecule is O=[N+]([O-])c1cc(Br)c(F)cc1NCC1(O)CCCCCC1. The van der Waals surface area contributed by atoms with Crippen molar-refractivity contribution in [3.05, 3.63) is 32.5 Å². The minimum absolute atomic E-state index is 0.0490. The van der Waals surface area contributed by atoms with E-state index in [9.17, 15) is 19.6 Å². The van der Waals surface area contributed by atoms with E-state index in [2.05, 4.69) is 21.2 Å². The minimum atomic E-state index is -0.881. The molecule has 2 rings (SSSR count). The monoisotopic (exact) mass is 360 g/mol. The number of aliphatic hydroxyl groups is 1. The normalized spacial score (nSPS) is 18.0. The Hall–Kier alpha value is -1.21. The number of halogens is 2. The highest BCUT2D eigenvalue weighted by Gasteiger charge is 2.29. The van der Waals surface area contributed by atoms with Gasteiger partial charge >= 0.3 is 0 Å². The van der Waals surface area contributed by atoms with Crippen LogP contribution >= 0.6 is 15.9 Å². The van der Waals surface area contributed by atoms with Crippen LogP contribution in [0, 0.1) is 15.9 Å². The van der Waals surface area contributed by atoms with E-state index in [0.717, 1.165) is 37.8 Å². The molecule has 1 aromatic rings. The van der Waals surface area contributed by atoms with Crippen LogP contribution in [-0.2, 0) is 0 Å². The second-order valence-corrected chi connectivity index (χ2v) is 6.39. The molecule has 0 aromatic heterocycles. The third kappa shape index (κ3) is 4.14. The van der Waals surface area contributed by atoms with Crippen molar-refractivity contribution in [3.8, 4) is 0 Å². The van der Waals surface area contributed by atoms with Gasteiger partial charge in [0.1, 0.15) is 11.5 Å². The van der Waals surface area contributed by atoms with Crippen molar-refractivity contribution >= 4 is 27.3 Å². The van der Waals surface area contributed by atoms with Gasteiger partial charge in [0.15, 0.2) is 0 Å². The van der Waals surface area contributed by atoms with Gasteiger partial charge in [0.05, 0.1) is 15.0 Å². The standard InChI is InChI=1S/C14H18BrFN2O3/c15-10-7-13(18(20)21)12(8-11(10)16)17-9-14(19)5-3-1-2-4-6-14/h7-8,17,19H,1-6,9H2. The van der Waals surface area contributed by atoms with Crippen LogP contribution in [0.1, 0.15) is 38.5 Å². The van der Waals surface area contributed by atoms with Gasteiger partial charge in [-0.3, -0.25) is 10.1 Å². The van der Waals surface area contributed by atoms with Crippen LogP contribution in [0.2, 0.25) is 0 Å². The molecule has 1 aliphatic carbocycles. The molecule has 1 fully saturated rings. The fourth-order valence-corrected chi connectivity index (χ4v) is 2.98. The molecule has 116 valence electrons. The lowest BCUT2D eigenvalue weighted by atomic mass is 9.94. The summed E-state index contributed by atoms with van der Waals surface area (Å²) >= 11 is 2.94. The van der Waals surface area contributed by atoms with E-state index in [1.807, 2.05) is 0 Å². The van der Waals surface area contributed by atoms with Crippen molar-refractivity contribution in [1.82, 2.24) is 0 Å². The minimum Gasteiger partial charge on any atom is -0.388 e. The Labute approximate surface area is 130 Å². The fourth-order valence-electron chi connectivity index (χ4n) is 2.65. The van der Waals surface area contributed by atoms with E-state index in [4.69, 9.17) is 0 Å². The van der Waals surface area contributed by atoms with Crippen molar-refractivity contribution in [1.29, 1.82) is 0 Å². The van der Waals surface area contributed by atoms with Crippen molar-refractivity contribution in [2.75, 3.05) is 11.9 Å². The zero-order chi connectivity index (χ0) is 15.5. The van der Waals surface area contributed by atoms with Crippen LogP contribution in [0.3, 0.4) is 0 Å². The Kier molecular flexibility index (Phi) is 5.16. The van der Waals surface area contributed by atoms with Crippen molar-refractivity contribution in [3.63, 3.8) is 0 Å². The van der Waals surface area contributed by atoms with E-state index in [1.165, 1.54) is 0 Å². The smallest absolute Gasteiger partial charge is 0.293 e. The van der Waals surface area contributed by atoms with Crippen LogP contribution in [0.5, 0.6) is 0 Å². The largest absolute Gasteiger partial charge is 0.388 e. The lowest BCUT2D eigenvalue weighted by molar-refractivity contribution is -0.384. The Morgan fingerprint density at radius 2 is 1.95 bits per heavy atom. The summed E-state index contributed by atoms with van der Waals surface area (Å²) in [5, 5.41) is 24.4. The highest BCUT2D eigenvalue weighted by atomic mass is 79.9. The first-order chi connectivity index (χ1) is 9.91. The second-order valence-electron chi connectivity index (χ2n) is 5.53. The van der Waals surface area contributed by atoms with Crippen LogP contribution in [0.4, 0.5) is 15.8 Å². The number of nitro benzene ring substituents is 1. The molecule has 1 saturated carbocycles. The molecule has 21 heavy (non-hydrogen) atoms. The van der Waals surface area contributed by atoms with Gasteiger partial charge < -0.3 is 10.4 Å². The van der Waals surface area contributed by atoms with Gasteiger partial charge in [-0.15, -0.1) is 0 Å². The molecule has 1 aromatic carbocycles. The molecular formula is C14H18BrFN2O3. The zero-order valence-corrected chi connectivity index (χ0v) is 13.2. The molecule has 0 atom stereocenters. The molecule has 1 aliphatic rings. The zero-order valence-electron chi connectivity index (χ0n) is 11.6. The first-order valence-electron chi connectivity index (χ1n) is 7.01. The van der Waals surface area contributed by atoms with E-state index in [-0.39, 0.29) is 22.4 Å². The van der Waals surface area contributed by atoms with E-state index >= 15 is 0 Å². The second kappa shape index (κ2) is 6.70. The maximum atomic E-state index is 13.6. The number of hydrogen-bond acceptors (Lipinski definition) is 4. The number of nitrogens with zero attached hydrogens (tertiary/aromatic N) is 1. The third-order valence-electron chi connectivity index (χ3n) is 3.88. The van der Waals surface area contributed by atoms with Gasteiger partial charge in [-0.1, -0.05) is 25.7 Å². The highest BCUT2D eigenvalue weighted by Crippen LogP contribution is 2.32. The van der Waals surface area contributed by atoms with E-state index in [1.54, 1.807) is 0 Å². The summed E-state index contributed by atoms with van der Waals surface area (Å²) in [5.74, 6) is -0.573. The summed E-state index contributed by atoms with van der Waals surface area (Å²) < 4.78 is 13.6. The Morgan fingerprint density at radius 3 is 2.52 bits per heavy atom. The van der Waals surface area contributed by atoms with Crippen molar-refractivity contribution in [2.45, 2.75) is 44.1 Å². The fraction of sp³-hybridized carbons (Fsp3) is 0.571. The van der Waals surface area contributed by atoms with Crippen molar-refractivity contribution in [2.24, 2.45) is 0 Å². The van der Waals surface area contributed by atoms with Gasteiger partial charge in [-0.2, -0.15) is 0 Å². The summed E-state index contributed by atoms with van der Waals surface area (Å²) in [6, 6.07) is 2.22. The predicted molar refractivity (Wildman–Crippen MR) is 81.9 cm³/mol. The average Bonchev–Trinajstić information content (AvgIpc) is 2.65. The summed E-state index contributed by atoms with van der Waals surface area (Å²) in [5.41, 5.74) is -0.993. The Balaban J connectivity index is 2.15. The molecular weight excluding hydrogens is 343 g/mol. The molecule has 0 aliphatic heterocycles. The number of anilines is 1. The lowest BCUT2D eigenvalue weighted by Crippen LogP contribution is -2.36. The van der Waals surface area contributed by atoms with Crippen LogP contribution < -0.4 is 5.32 Å². The molecule has 0 unspecified atom stereocenters. The molecule has 0 amide bonds. The molecule has 2 N–H and O–H groups in total. The first kappa shape index (κ1) is 16.2. The Morgan fingerprint density at radius 1 is 1.33 bits per heavy atom. The Bertz CT molecular complexity index is 531. The van der Waals surface area contributed by atoms with E-state index < -0.39 is 16.3 Å². The maximum absolute atomic E-state index is 13.6. The molecule has 0 spiro atoms. The maximum Gasteiger partial charge on any atom is 0.293 e. The lowest BCUT2D eigenvalue weighted by Gasteiger charge is -2.27. The molecule has 0 bridgehead atoms. The number of nitro groups is 1. The molecule has 5 nitrogen and oxygen atoms in total. The van der Waals surface area contributed by atoms with Crippen LogP contribution in [-0.4, -0.2) is 22.2 Å². The summed E-state index contributed by atoms with van der Waals surface area (Å²) in [6.45, 7) is 0.189. The summed E-state index contributed by atoms with van der Waals surface area (Å²) in [6.07, 6.45) is 5.38. The predicted octanol–water partition coefficient (Wildman–Crippen LogP) is 3.99. The quantitative estimate of drug-likeness (QED) is 0.483. The van der Waals surface area contributed by atoms with Crippen LogP contribution in [0.25, 0.3) is 0 Å². The number of rotatable bonds is 4. The van der Waals surface area contributed by atoms with Gasteiger partial charge in [0.2, 0.25) is 0 Å². The number of hydrogen-bond donors (Lipinski definition) is 2.